The number of imidazole rings is 1. The van der Waals surface area contributed by atoms with Crippen molar-refractivity contribution in [1.82, 2.24) is 19.7 Å². The lowest BCUT2D eigenvalue weighted by molar-refractivity contribution is -0.115. The van der Waals surface area contributed by atoms with Gasteiger partial charge in [0.1, 0.15) is 17.3 Å². The van der Waals surface area contributed by atoms with Crippen LogP contribution in [0.15, 0.2) is 73.1 Å². The van der Waals surface area contributed by atoms with E-state index >= 15 is 0 Å². The van der Waals surface area contributed by atoms with Crippen molar-refractivity contribution in [2.75, 3.05) is 12.4 Å². The number of aromatic nitrogens is 4. The van der Waals surface area contributed by atoms with Gasteiger partial charge in [0.25, 0.3) is 0 Å². The van der Waals surface area contributed by atoms with Crippen LogP contribution in [0.1, 0.15) is 11.4 Å². The van der Waals surface area contributed by atoms with Gasteiger partial charge in [-0.2, -0.15) is 0 Å². The molecule has 1 amide bonds. The Hall–Kier alpha value is -4.20. The van der Waals surface area contributed by atoms with Crippen LogP contribution in [0.5, 0.6) is 17.4 Å². The number of ether oxygens (including phenoxy) is 2. The number of hydrogen-bond donors (Lipinski definition) is 1. The Balaban J connectivity index is 1.36. The number of nitrogens with one attached hydrogen (secondary N) is 1. The number of amides is 1. The fraction of sp³-hybridized carbons (Fsp3) is 0.130. The number of aryl methyl sites for hydroxylation is 1. The quantitative estimate of drug-likeness (QED) is 0.491. The highest BCUT2D eigenvalue weighted by Gasteiger charge is 2.09. The summed E-state index contributed by atoms with van der Waals surface area (Å²) < 4.78 is 12.9. The Labute approximate surface area is 179 Å². The molecule has 2 aromatic carbocycles. The summed E-state index contributed by atoms with van der Waals surface area (Å²) in [4.78, 5) is 16.5. The van der Waals surface area contributed by atoms with Crippen LogP contribution in [0, 0.1) is 6.92 Å². The van der Waals surface area contributed by atoms with Gasteiger partial charge in [-0.25, -0.2) is 4.98 Å². The van der Waals surface area contributed by atoms with Crippen LogP contribution < -0.4 is 14.8 Å². The van der Waals surface area contributed by atoms with Crippen molar-refractivity contribution in [3.05, 3.63) is 84.4 Å². The van der Waals surface area contributed by atoms with Gasteiger partial charge in [0, 0.05) is 29.7 Å². The minimum absolute atomic E-state index is 0.130. The van der Waals surface area contributed by atoms with Crippen LogP contribution in [-0.2, 0) is 11.2 Å². The molecule has 4 aromatic rings. The number of benzene rings is 2. The number of carbonyl (C=O) groups is 1. The molecule has 4 rings (SSSR count). The van der Waals surface area contributed by atoms with E-state index in [9.17, 15) is 4.79 Å². The second-order valence-electron chi connectivity index (χ2n) is 6.74. The van der Waals surface area contributed by atoms with E-state index in [1.54, 1.807) is 43.6 Å². The fourth-order valence-electron chi connectivity index (χ4n) is 3.07. The third-order valence-corrected chi connectivity index (χ3v) is 4.60. The third-order valence-electron chi connectivity index (χ3n) is 4.60. The SMILES string of the molecule is COc1ccccc1CC(=O)Nc1ccc(Oc2ccc(-n3ccnc3C)nn2)cc1. The van der Waals surface area contributed by atoms with E-state index in [2.05, 4.69) is 20.5 Å². The first-order chi connectivity index (χ1) is 15.1. The molecule has 8 heteroatoms. The Kier molecular flexibility index (Phi) is 5.89. The molecular weight excluding hydrogens is 394 g/mol. The maximum absolute atomic E-state index is 12.4. The van der Waals surface area contributed by atoms with Crippen LogP contribution in [0.25, 0.3) is 5.82 Å². The van der Waals surface area contributed by atoms with Crippen LogP contribution in [-0.4, -0.2) is 32.8 Å². The number of methoxy groups -OCH3 is 1. The molecule has 0 saturated carbocycles. The summed E-state index contributed by atoms with van der Waals surface area (Å²) >= 11 is 0. The number of anilines is 1. The topological polar surface area (TPSA) is 91.2 Å². The predicted molar refractivity (Wildman–Crippen MR) is 116 cm³/mol. The lowest BCUT2D eigenvalue weighted by Crippen LogP contribution is -2.14. The van der Waals surface area contributed by atoms with E-state index in [1.165, 1.54) is 0 Å². The molecular formula is C23H21N5O3. The molecule has 0 bridgehead atoms. The van der Waals surface area contributed by atoms with Gasteiger partial charge < -0.3 is 14.8 Å². The second kappa shape index (κ2) is 9.08. The van der Waals surface area contributed by atoms with Crippen molar-refractivity contribution >= 4 is 11.6 Å². The van der Waals surface area contributed by atoms with Crippen molar-refractivity contribution in [2.45, 2.75) is 13.3 Å². The Morgan fingerprint density at radius 1 is 1.03 bits per heavy atom. The van der Waals surface area contributed by atoms with E-state index in [-0.39, 0.29) is 12.3 Å². The molecule has 0 spiro atoms. The summed E-state index contributed by atoms with van der Waals surface area (Å²) in [7, 11) is 1.59. The monoisotopic (exact) mass is 415 g/mol. The number of nitrogens with zero attached hydrogens (tertiary/aromatic N) is 4. The van der Waals surface area contributed by atoms with E-state index in [0.29, 0.717) is 28.9 Å². The maximum atomic E-state index is 12.4. The highest BCUT2D eigenvalue weighted by molar-refractivity contribution is 5.92. The zero-order valence-electron chi connectivity index (χ0n) is 17.1. The van der Waals surface area contributed by atoms with Crippen molar-refractivity contribution < 1.29 is 14.3 Å². The first-order valence-electron chi connectivity index (χ1n) is 9.66. The van der Waals surface area contributed by atoms with Gasteiger partial charge >= 0.3 is 0 Å². The van der Waals surface area contributed by atoms with Crippen molar-refractivity contribution in [1.29, 1.82) is 0 Å². The summed E-state index contributed by atoms with van der Waals surface area (Å²) in [6, 6.07) is 18.1. The standard InChI is InChI=1S/C23H21N5O3/c1-16-24-13-14-28(16)21-11-12-23(27-26-21)31-19-9-7-18(8-10-19)25-22(29)15-17-5-3-4-6-20(17)30-2/h3-14H,15H2,1-2H3,(H,25,29). The molecule has 0 fully saturated rings. The molecule has 0 unspecified atom stereocenters. The summed E-state index contributed by atoms with van der Waals surface area (Å²) in [5, 5.41) is 11.1. The normalized spacial score (nSPS) is 10.5. The van der Waals surface area contributed by atoms with E-state index in [0.717, 1.165) is 11.4 Å². The Morgan fingerprint density at radius 2 is 1.84 bits per heavy atom. The van der Waals surface area contributed by atoms with Crippen molar-refractivity contribution in [3.8, 4) is 23.2 Å². The van der Waals surface area contributed by atoms with Gasteiger partial charge in [0.2, 0.25) is 11.8 Å². The second-order valence-corrected chi connectivity index (χ2v) is 6.74. The average Bonchev–Trinajstić information content (AvgIpc) is 3.22. The summed E-state index contributed by atoms with van der Waals surface area (Å²) in [6.07, 6.45) is 3.75. The minimum Gasteiger partial charge on any atom is -0.496 e. The van der Waals surface area contributed by atoms with Crippen LogP contribution in [0.2, 0.25) is 0 Å². The average molecular weight is 415 g/mol. The number of carbonyl (C=O) groups excluding carboxylic acids is 1. The molecule has 2 aromatic heterocycles. The lowest BCUT2D eigenvalue weighted by Gasteiger charge is -2.10. The molecule has 0 aliphatic rings. The molecule has 0 aliphatic heterocycles. The largest absolute Gasteiger partial charge is 0.496 e. The van der Waals surface area contributed by atoms with E-state index < -0.39 is 0 Å². The zero-order chi connectivity index (χ0) is 21.6. The fourth-order valence-corrected chi connectivity index (χ4v) is 3.07. The summed E-state index contributed by atoms with van der Waals surface area (Å²) in [5.41, 5.74) is 1.50. The Morgan fingerprint density at radius 3 is 2.52 bits per heavy atom. The highest BCUT2D eigenvalue weighted by atomic mass is 16.5. The van der Waals surface area contributed by atoms with Gasteiger partial charge in [0.15, 0.2) is 5.82 Å². The number of para-hydroxylation sites is 1. The molecule has 31 heavy (non-hydrogen) atoms. The third kappa shape index (κ3) is 4.87. The van der Waals surface area contributed by atoms with E-state index in [1.807, 2.05) is 48.0 Å². The van der Waals surface area contributed by atoms with Crippen molar-refractivity contribution in [2.24, 2.45) is 0 Å². The van der Waals surface area contributed by atoms with E-state index in [4.69, 9.17) is 9.47 Å². The molecule has 0 radical (unpaired) electrons. The molecule has 2 heterocycles. The smallest absolute Gasteiger partial charge is 0.238 e. The lowest BCUT2D eigenvalue weighted by atomic mass is 10.1. The molecule has 1 N–H and O–H groups in total. The predicted octanol–water partition coefficient (Wildman–Crippen LogP) is 3.95. The summed E-state index contributed by atoms with van der Waals surface area (Å²) in [6.45, 7) is 1.89. The molecule has 0 aliphatic carbocycles. The van der Waals surface area contributed by atoms with Gasteiger partial charge in [-0.1, -0.05) is 18.2 Å². The molecule has 0 saturated heterocycles. The first-order valence-corrected chi connectivity index (χ1v) is 9.66. The first kappa shape index (κ1) is 20.1. The highest BCUT2D eigenvalue weighted by Crippen LogP contribution is 2.22. The number of rotatable bonds is 7. The van der Waals surface area contributed by atoms with Gasteiger partial charge in [-0.15, -0.1) is 10.2 Å². The molecule has 8 nitrogen and oxygen atoms in total. The van der Waals surface area contributed by atoms with Crippen LogP contribution >= 0.6 is 0 Å². The molecule has 0 atom stereocenters. The summed E-state index contributed by atoms with van der Waals surface area (Å²) in [5.74, 6) is 3.01. The molecule has 156 valence electrons. The van der Waals surface area contributed by atoms with Crippen LogP contribution in [0.4, 0.5) is 5.69 Å². The van der Waals surface area contributed by atoms with Crippen molar-refractivity contribution in [3.63, 3.8) is 0 Å². The van der Waals surface area contributed by atoms with Crippen LogP contribution in [0.3, 0.4) is 0 Å². The van der Waals surface area contributed by atoms with Gasteiger partial charge in [0.05, 0.1) is 13.5 Å². The maximum Gasteiger partial charge on any atom is 0.238 e. The number of hydrogen-bond acceptors (Lipinski definition) is 6. The zero-order valence-corrected chi connectivity index (χ0v) is 17.1. The minimum atomic E-state index is -0.130. The Bertz CT molecular complexity index is 1170. The van der Waals surface area contributed by atoms with Gasteiger partial charge in [-0.3, -0.25) is 9.36 Å². The van der Waals surface area contributed by atoms with Gasteiger partial charge in [-0.05, 0) is 43.3 Å².